The van der Waals surface area contributed by atoms with Crippen LogP contribution in [0.2, 0.25) is 0 Å². The van der Waals surface area contributed by atoms with E-state index in [1.165, 1.54) is 6.33 Å². The van der Waals surface area contributed by atoms with Gasteiger partial charge in [-0.1, -0.05) is 18.2 Å². The van der Waals surface area contributed by atoms with Crippen LogP contribution in [0.3, 0.4) is 0 Å². The fraction of sp³-hybridized carbons (Fsp3) is 0.273. The number of hydrogen-bond acceptors (Lipinski definition) is 4. The highest BCUT2D eigenvalue weighted by Crippen LogP contribution is 2.08. The van der Waals surface area contributed by atoms with Crippen LogP contribution in [0, 0.1) is 0 Å². The summed E-state index contributed by atoms with van der Waals surface area (Å²) in [5.41, 5.74) is 0. The molecule has 0 aliphatic rings. The smallest absolute Gasteiger partial charge is 0.240 e. The van der Waals surface area contributed by atoms with Crippen molar-refractivity contribution in [2.45, 2.75) is 17.9 Å². The SMILES string of the molecule is CC(CNS(=O)(=O)c1ccccc1)n1cncn1. The molecule has 1 atom stereocenters. The van der Waals surface area contributed by atoms with E-state index < -0.39 is 10.0 Å². The van der Waals surface area contributed by atoms with Crippen molar-refractivity contribution >= 4 is 10.0 Å². The minimum Gasteiger partial charge on any atom is -0.249 e. The molecule has 1 N–H and O–H groups in total. The summed E-state index contributed by atoms with van der Waals surface area (Å²) in [5, 5.41) is 3.96. The summed E-state index contributed by atoms with van der Waals surface area (Å²) < 4.78 is 28.1. The molecule has 0 radical (unpaired) electrons. The Morgan fingerprint density at radius 2 is 2.06 bits per heavy atom. The fourth-order valence-electron chi connectivity index (χ4n) is 1.45. The average Bonchev–Trinajstić information content (AvgIpc) is 2.91. The van der Waals surface area contributed by atoms with Gasteiger partial charge in [-0.3, -0.25) is 0 Å². The van der Waals surface area contributed by atoms with Gasteiger partial charge in [0.05, 0.1) is 10.9 Å². The fourth-order valence-corrected chi connectivity index (χ4v) is 2.59. The Balaban J connectivity index is 2.02. The van der Waals surface area contributed by atoms with Crippen molar-refractivity contribution in [1.29, 1.82) is 0 Å². The normalized spacial score (nSPS) is 13.4. The average molecular weight is 266 g/mol. The van der Waals surface area contributed by atoms with Crippen molar-refractivity contribution in [2.24, 2.45) is 0 Å². The molecule has 0 bridgehead atoms. The number of hydrogen-bond donors (Lipinski definition) is 1. The number of rotatable bonds is 5. The lowest BCUT2D eigenvalue weighted by Crippen LogP contribution is -2.29. The van der Waals surface area contributed by atoms with Gasteiger partial charge in [-0.2, -0.15) is 5.10 Å². The van der Waals surface area contributed by atoms with Crippen molar-refractivity contribution in [3.8, 4) is 0 Å². The van der Waals surface area contributed by atoms with Gasteiger partial charge < -0.3 is 0 Å². The molecule has 0 saturated heterocycles. The van der Waals surface area contributed by atoms with E-state index in [1.54, 1.807) is 41.3 Å². The van der Waals surface area contributed by atoms with Crippen molar-refractivity contribution in [3.63, 3.8) is 0 Å². The molecular formula is C11H14N4O2S. The highest BCUT2D eigenvalue weighted by molar-refractivity contribution is 7.89. The molecule has 0 aliphatic carbocycles. The van der Waals surface area contributed by atoms with Crippen LogP contribution < -0.4 is 4.72 Å². The molecule has 1 heterocycles. The largest absolute Gasteiger partial charge is 0.249 e. The lowest BCUT2D eigenvalue weighted by Gasteiger charge is -2.12. The minimum absolute atomic E-state index is 0.0917. The molecule has 1 aromatic carbocycles. The number of sulfonamides is 1. The molecule has 0 saturated carbocycles. The zero-order valence-corrected chi connectivity index (χ0v) is 10.7. The Morgan fingerprint density at radius 3 is 2.67 bits per heavy atom. The number of nitrogens with one attached hydrogen (secondary N) is 1. The first-order valence-corrected chi connectivity index (χ1v) is 6.97. The predicted molar refractivity (Wildman–Crippen MR) is 66.4 cm³/mol. The van der Waals surface area contributed by atoms with E-state index in [4.69, 9.17) is 0 Å². The predicted octanol–water partition coefficient (Wildman–Crippen LogP) is 0.818. The van der Waals surface area contributed by atoms with Gasteiger partial charge >= 0.3 is 0 Å². The van der Waals surface area contributed by atoms with Gasteiger partial charge in [0.15, 0.2) is 0 Å². The van der Waals surface area contributed by atoms with Gasteiger partial charge in [-0.15, -0.1) is 0 Å². The topological polar surface area (TPSA) is 76.9 Å². The van der Waals surface area contributed by atoms with Gasteiger partial charge in [-0.05, 0) is 19.1 Å². The molecule has 0 aliphatic heterocycles. The summed E-state index contributed by atoms with van der Waals surface area (Å²) in [6, 6.07) is 8.18. The lowest BCUT2D eigenvalue weighted by atomic mass is 10.4. The molecule has 96 valence electrons. The summed E-state index contributed by atoms with van der Waals surface area (Å²) >= 11 is 0. The van der Waals surface area contributed by atoms with Crippen molar-refractivity contribution in [2.75, 3.05) is 6.54 Å². The quantitative estimate of drug-likeness (QED) is 0.869. The first-order valence-electron chi connectivity index (χ1n) is 5.48. The van der Waals surface area contributed by atoms with Crippen molar-refractivity contribution < 1.29 is 8.42 Å². The molecule has 2 rings (SSSR count). The van der Waals surface area contributed by atoms with Crippen LogP contribution in [0.5, 0.6) is 0 Å². The third-order valence-corrected chi connectivity index (χ3v) is 3.95. The molecular weight excluding hydrogens is 252 g/mol. The molecule has 0 fully saturated rings. The second-order valence-corrected chi connectivity index (χ2v) is 5.66. The maximum absolute atomic E-state index is 11.9. The van der Waals surface area contributed by atoms with Crippen LogP contribution in [-0.2, 0) is 10.0 Å². The number of benzene rings is 1. The third-order valence-electron chi connectivity index (χ3n) is 2.51. The first kappa shape index (κ1) is 12.7. The van der Waals surface area contributed by atoms with Gasteiger partial charge in [0, 0.05) is 6.54 Å². The summed E-state index contributed by atoms with van der Waals surface area (Å²) in [4.78, 5) is 4.08. The Kier molecular flexibility index (Phi) is 3.73. The number of aromatic nitrogens is 3. The Bertz CT molecular complexity index is 581. The molecule has 1 aromatic heterocycles. The van der Waals surface area contributed by atoms with Crippen LogP contribution in [0.25, 0.3) is 0 Å². The van der Waals surface area contributed by atoms with Crippen LogP contribution in [0.15, 0.2) is 47.9 Å². The second kappa shape index (κ2) is 5.28. The van der Waals surface area contributed by atoms with E-state index in [2.05, 4.69) is 14.8 Å². The molecule has 7 heteroatoms. The van der Waals surface area contributed by atoms with Gasteiger partial charge in [-0.25, -0.2) is 22.8 Å². The van der Waals surface area contributed by atoms with Crippen molar-refractivity contribution in [3.05, 3.63) is 43.0 Å². The second-order valence-electron chi connectivity index (χ2n) is 3.89. The van der Waals surface area contributed by atoms with Crippen LogP contribution >= 0.6 is 0 Å². The van der Waals surface area contributed by atoms with Crippen LogP contribution in [0.4, 0.5) is 0 Å². The van der Waals surface area contributed by atoms with E-state index in [-0.39, 0.29) is 17.5 Å². The molecule has 6 nitrogen and oxygen atoms in total. The lowest BCUT2D eigenvalue weighted by molar-refractivity contribution is 0.478. The molecule has 1 unspecified atom stereocenters. The van der Waals surface area contributed by atoms with E-state index in [0.717, 1.165) is 0 Å². The van der Waals surface area contributed by atoms with E-state index in [1.807, 2.05) is 6.92 Å². The molecule has 0 spiro atoms. The monoisotopic (exact) mass is 266 g/mol. The summed E-state index contributed by atoms with van der Waals surface area (Å²) in [5.74, 6) is 0. The summed E-state index contributed by atoms with van der Waals surface area (Å²) in [6.07, 6.45) is 2.98. The Labute approximate surface area is 106 Å². The summed E-state index contributed by atoms with van der Waals surface area (Å²) in [6.45, 7) is 2.13. The zero-order chi connectivity index (χ0) is 13.0. The minimum atomic E-state index is -3.46. The Morgan fingerprint density at radius 1 is 1.33 bits per heavy atom. The van der Waals surface area contributed by atoms with E-state index in [9.17, 15) is 8.42 Å². The Hall–Kier alpha value is -1.73. The standard InChI is InChI=1S/C11H14N4O2S/c1-10(15-9-12-8-13-15)7-14-18(16,17)11-5-3-2-4-6-11/h2-6,8-10,14H,7H2,1H3. The summed E-state index contributed by atoms with van der Waals surface area (Å²) in [7, 11) is -3.46. The maximum Gasteiger partial charge on any atom is 0.240 e. The van der Waals surface area contributed by atoms with Crippen molar-refractivity contribution in [1.82, 2.24) is 19.5 Å². The van der Waals surface area contributed by atoms with E-state index >= 15 is 0 Å². The van der Waals surface area contributed by atoms with Gasteiger partial charge in [0.2, 0.25) is 10.0 Å². The van der Waals surface area contributed by atoms with Crippen LogP contribution in [-0.4, -0.2) is 29.7 Å². The highest BCUT2D eigenvalue weighted by Gasteiger charge is 2.15. The zero-order valence-electron chi connectivity index (χ0n) is 9.89. The van der Waals surface area contributed by atoms with Gasteiger partial charge in [0.1, 0.15) is 12.7 Å². The molecule has 18 heavy (non-hydrogen) atoms. The molecule has 2 aromatic rings. The van der Waals surface area contributed by atoms with E-state index in [0.29, 0.717) is 0 Å². The number of nitrogens with zero attached hydrogens (tertiary/aromatic N) is 3. The van der Waals surface area contributed by atoms with Gasteiger partial charge in [0.25, 0.3) is 0 Å². The highest BCUT2D eigenvalue weighted by atomic mass is 32.2. The molecule has 0 amide bonds. The van der Waals surface area contributed by atoms with Crippen LogP contribution in [0.1, 0.15) is 13.0 Å². The first-order chi connectivity index (χ1) is 8.59. The third kappa shape index (κ3) is 2.93. The maximum atomic E-state index is 11.9.